The number of carbonyl (C=O) groups excluding carboxylic acids is 6. The average molecular weight is 537 g/mol. The number of carbonyl (C=O) groups is 6. The fraction of sp³-hybridized carbons (Fsp3) is 0.250. The Morgan fingerprint density at radius 2 is 0.850 bits per heavy atom. The van der Waals surface area contributed by atoms with Crippen LogP contribution in [0, 0.1) is 11.8 Å². The lowest BCUT2D eigenvalue weighted by Gasteiger charge is -2.09. The van der Waals surface area contributed by atoms with Crippen LogP contribution >= 0.6 is 0 Å². The molecule has 8 nitrogen and oxygen atoms in total. The number of aryl methyl sites for hydroxylation is 2. The number of fused-ring (bicyclic) bond motifs is 2. The lowest BCUT2D eigenvalue weighted by molar-refractivity contribution is -0.123. The highest BCUT2D eigenvalue weighted by molar-refractivity contribution is 6.39. The molecule has 0 fully saturated rings. The topological polar surface area (TPSA) is 126 Å². The molecule has 0 unspecified atom stereocenters. The van der Waals surface area contributed by atoms with Crippen LogP contribution in [0.3, 0.4) is 0 Å². The standard InChI is InChI=1S/C32H28N2O6/c35-27-21-17-23-24(30(38)26(29(23)37)32(40)34-16-8-14-20-11-5-2-6-12-20)18-22(21)28(36)25(27)31(39)33-15-7-13-19-9-3-1-4-10-19/h1-6,9-12,17-18,25-26H,7-8,13-16H2,(H,33,39)(H,34,40). The van der Waals surface area contributed by atoms with Gasteiger partial charge in [0, 0.05) is 35.3 Å². The van der Waals surface area contributed by atoms with E-state index in [2.05, 4.69) is 10.6 Å². The predicted molar refractivity (Wildman–Crippen MR) is 146 cm³/mol. The summed E-state index contributed by atoms with van der Waals surface area (Å²) >= 11 is 0. The van der Waals surface area contributed by atoms with E-state index in [0.717, 1.165) is 24.0 Å². The molecule has 8 heteroatoms. The van der Waals surface area contributed by atoms with Gasteiger partial charge in [0.1, 0.15) is 0 Å². The zero-order valence-corrected chi connectivity index (χ0v) is 21.8. The Kier molecular flexibility index (Phi) is 7.77. The molecule has 3 aromatic rings. The third kappa shape index (κ3) is 5.25. The molecule has 0 aliphatic heterocycles. The zero-order valence-electron chi connectivity index (χ0n) is 21.8. The van der Waals surface area contributed by atoms with Crippen LogP contribution in [0.4, 0.5) is 0 Å². The molecule has 0 saturated heterocycles. The Balaban J connectivity index is 1.20. The van der Waals surface area contributed by atoms with Crippen molar-refractivity contribution in [3.05, 3.63) is 106 Å². The van der Waals surface area contributed by atoms with Crippen molar-refractivity contribution in [3.63, 3.8) is 0 Å². The van der Waals surface area contributed by atoms with Gasteiger partial charge in [0.15, 0.2) is 35.0 Å². The molecule has 0 aromatic heterocycles. The van der Waals surface area contributed by atoms with Gasteiger partial charge in [0.2, 0.25) is 11.8 Å². The van der Waals surface area contributed by atoms with Crippen LogP contribution in [0.5, 0.6) is 0 Å². The quantitative estimate of drug-likeness (QED) is 0.303. The summed E-state index contributed by atoms with van der Waals surface area (Å²) < 4.78 is 0. The minimum Gasteiger partial charge on any atom is -0.355 e. The number of amides is 2. The summed E-state index contributed by atoms with van der Waals surface area (Å²) in [5.74, 6) is -7.36. The Morgan fingerprint density at radius 1 is 0.525 bits per heavy atom. The number of ketones is 4. The van der Waals surface area contributed by atoms with Gasteiger partial charge in [0.05, 0.1) is 0 Å². The summed E-state index contributed by atoms with van der Waals surface area (Å²) in [4.78, 5) is 77.7. The SMILES string of the molecule is O=C(NCCCc1ccccc1)C1C(=O)c2cc3c(cc2C1=O)C(=O)C(C(=O)NCCCc1ccccc1)C3=O. The highest BCUT2D eigenvalue weighted by atomic mass is 16.2. The Morgan fingerprint density at radius 3 is 1.18 bits per heavy atom. The summed E-state index contributed by atoms with van der Waals surface area (Å²) in [6.07, 6.45) is 2.72. The molecule has 40 heavy (non-hydrogen) atoms. The third-order valence-electron chi connectivity index (χ3n) is 7.36. The molecule has 0 radical (unpaired) electrons. The minimum absolute atomic E-state index is 0.0711. The summed E-state index contributed by atoms with van der Waals surface area (Å²) in [7, 11) is 0. The lowest BCUT2D eigenvalue weighted by Crippen LogP contribution is -2.37. The van der Waals surface area contributed by atoms with E-state index in [0.29, 0.717) is 12.8 Å². The first-order valence-electron chi connectivity index (χ1n) is 13.3. The van der Waals surface area contributed by atoms with Crippen LogP contribution in [-0.4, -0.2) is 48.0 Å². The van der Waals surface area contributed by atoms with Crippen molar-refractivity contribution in [3.8, 4) is 0 Å². The fourth-order valence-electron chi connectivity index (χ4n) is 5.25. The van der Waals surface area contributed by atoms with Crippen LogP contribution in [0.25, 0.3) is 0 Å². The van der Waals surface area contributed by atoms with Crippen molar-refractivity contribution >= 4 is 34.9 Å². The number of nitrogens with one attached hydrogen (secondary N) is 2. The van der Waals surface area contributed by atoms with E-state index in [9.17, 15) is 28.8 Å². The van der Waals surface area contributed by atoms with Crippen LogP contribution in [-0.2, 0) is 22.4 Å². The van der Waals surface area contributed by atoms with Crippen LogP contribution in [0.2, 0.25) is 0 Å². The molecular formula is C32H28N2O6. The largest absolute Gasteiger partial charge is 0.355 e. The maximum atomic E-state index is 13.0. The fourth-order valence-corrected chi connectivity index (χ4v) is 5.25. The predicted octanol–water partition coefficient (Wildman–Crippen LogP) is 3.18. The van der Waals surface area contributed by atoms with Gasteiger partial charge >= 0.3 is 0 Å². The normalized spacial score (nSPS) is 14.8. The molecule has 0 atom stereocenters. The average Bonchev–Trinajstić information content (AvgIpc) is 3.37. The van der Waals surface area contributed by atoms with Crippen LogP contribution in [0.1, 0.15) is 65.4 Å². The summed E-state index contributed by atoms with van der Waals surface area (Å²) in [6.45, 7) is 0.577. The van der Waals surface area contributed by atoms with Crippen molar-refractivity contribution in [2.75, 3.05) is 13.1 Å². The van der Waals surface area contributed by atoms with Crippen LogP contribution in [0.15, 0.2) is 72.8 Å². The van der Waals surface area contributed by atoms with Crippen molar-refractivity contribution in [2.24, 2.45) is 11.8 Å². The molecular weight excluding hydrogens is 508 g/mol. The zero-order chi connectivity index (χ0) is 28.2. The van der Waals surface area contributed by atoms with E-state index in [1.54, 1.807) is 0 Å². The molecule has 3 aromatic carbocycles. The van der Waals surface area contributed by atoms with Gasteiger partial charge < -0.3 is 10.6 Å². The first-order valence-corrected chi connectivity index (χ1v) is 13.3. The highest BCUT2D eigenvalue weighted by Crippen LogP contribution is 2.35. The van der Waals surface area contributed by atoms with Gasteiger partial charge in [-0.05, 0) is 48.9 Å². The molecule has 2 amide bonds. The number of benzene rings is 3. The van der Waals surface area contributed by atoms with Crippen molar-refractivity contribution in [2.45, 2.75) is 25.7 Å². The molecule has 5 rings (SSSR count). The van der Waals surface area contributed by atoms with Crippen molar-refractivity contribution in [1.82, 2.24) is 10.6 Å². The van der Waals surface area contributed by atoms with E-state index >= 15 is 0 Å². The number of hydrogen-bond donors (Lipinski definition) is 2. The van der Waals surface area contributed by atoms with E-state index in [1.807, 2.05) is 60.7 Å². The highest BCUT2D eigenvalue weighted by Gasteiger charge is 2.48. The Hall–Kier alpha value is -4.72. The second-order valence-corrected chi connectivity index (χ2v) is 10.0. The van der Waals surface area contributed by atoms with Crippen molar-refractivity contribution < 1.29 is 28.8 Å². The smallest absolute Gasteiger partial charge is 0.238 e. The number of rotatable bonds is 10. The summed E-state index contributed by atoms with van der Waals surface area (Å²) in [5, 5.41) is 5.31. The molecule has 0 spiro atoms. The van der Waals surface area contributed by atoms with Gasteiger partial charge in [-0.2, -0.15) is 0 Å². The van der Waals surface area contributed by atoms with Crippen molar-refractivity contribution in [1.29, 1.82) is 0 Å². The molecule has 0 heterocycles. The monoisotopic (exact) mass is 536 g/mol. The summed E-state index contributed by atoms with van der Waals surface area (Å²) in [6, 6.07) is 21.8. The van der Waals surface area contributed by atoms with Gasteiger partial charge in [-0.1, -0.05) is 60.7 Å². The van der Waals surface area contributed by atoms with Gasteiger partial charge in [0.25, 0.3) is 0 Å². The minimum atomic E-state index is -1.55. The Bertz CT molecular complexity index is 1350. The van der Waals surface area contributed by atoms with Gasteiger partial charge in [-0.3, -0.25) is 28.8 Å². The maximum Gasteiger partial charge on any atom is 0.238 e. The molecule has 2 aliphatic carbocycles. The molecule has 202 valence electrons. The molecule has 2 aliphatic rings. The molecule has 0 bridgehead atoms. The second-order valence-electron chi connectivity index (χ2n) is 10.0. The van der Waals surface area contributed by atoms with E-state index in [1.165, 1.54) is 12.1 Å². The van der Waals surface area contributed by atoms with E-state index in [-0.39, 0.29) is 35.3 Å². The second kappa shape index (κ2) is 11.6. The van der Waals surface area contributed by atoms with Crippen LogP contribution < -0.4 is 10.6 Å². The maximum absolute atomic E-state index is 13.0. The number of Topliss-reactive ketones (excluding diaryl/α,β-unsaturated/α-hetero) is 4. The summed E-state index contributed by atoms with van der Waals surface area (Å²) in [5.41, 5.74) is 1.94. The third-order valence-corrected chi connectivity index (χ3v) is 7.36. The van der Waals surface area contributed by atoms with E-state index in [4.69, 9.17) is 0 Å². The first kappa shape index (κ1) is 26.9. The number of hydrogen-bond acceptors (Lipinski definition) is 6. The lowest BCUT2D eigenvalue weighted by atomic mass is 10.0. The molecule has 2 N–H and O–H groups in total. The first-order chi connectivity index (χ1) is 19.4. The molecule has 0 saturated carbocycles. The van der Waals surface area contributed by atoms with E-state index < -0.39 is 46.8 Å². The Labute approximate surface area is 231 Å². The van der Waals surface area contributed by atoms with Gasteiger partial charge in [-0.15, -0.1) is 0 Å². The van der Waals surface area contributed by atoms with Gasteiger partial charge in [-0.25, -0.2) is 0 Å².